The number of carbonyl (C=O) groups excluding carboxylic acids is 1. The Labute approximate surface area is 146 Å². The molecule has 0 amide bonds. The molecule has 0 saturated heterocycles. The normalized spacial score (nSPS) is 11.4. The van der Waals surface area contributed by atoms with E-state index in [2.05, 4.69) is 11.7 Å². The second-order valence-electron chi connectivity index (χ2n) is 5.60. The van der Waals surface area contributed by atoms with Crippen molar-refractivity contribution in [2.45, 2.75) is 27.3 Å². The second kappa shape index (κ2) is 6.90. The summed E-state index contributed by atoms with van der Waals surface area (Å²) in [4.78, 5) is 12.8. The minimum Gasteiger partial charge on any atom is -0.345 e. The van der Waals surface area contributed by atoms with E-state index in [1.807, 2.05) is 24.5 Å². The van der Waals surface area contributed by atoms with Crippen molar-refractivity contribution in [2.24, 2.45) is 7.05 Å². The van der Waals surface area contributed by atoms with Crippen molar-refractivity contribution >= 4 is 23.5 Å². The molecule has 5 nitrogen and oxygen atoms in total. The molecule has 124 valence electrons. The Hall–Kier alpha value is -2.58. The summed E-state index contributed by atoms with van der Waals surface area (Å²) >= 11 is 6.19. The number of Topliss-reactive ketones (excluding diaryl/α,β-unsaturated/α-hetero) is 1. The third-order valence-electron chi connectivity index (χ3n) is 3.98. The maximum Gasteiger partial charge on any atom is 0.205 e. The van der Waals surface area contributed by atoms with Gasteiger partial charge in [-0.05, 0) is 32.9 Å². The van der Waals surface area contributed by atoms with E-state index in [9.17, 15) is 10.1 Å². The molecule has 2 aromatic rings. The Bertz CT molecular complexity index is 893. The molecule has 0 aliphatic heterocycles. The van der Waals surface area contributed by atoms with Gasteiger partial charge in [-0.25, -0.2) is 0 Å². The van der Waals surface area contributed by atoms with Crippen LogP contribution in [0.15, 0.2) is 24.3 Å². The van der Waals surface area contributed by atoms with Gasteiger partial charge < -0.3 is 4.57 Å². The molecular formula is C18H19ClN4O. The first kappa shape index (κ1) is 17.8. The van der Waals surface area contributed by atoms with Crippen molar-refractivity contribution in [1.82, 2.24) is 14.3 Å². The maximum absolute atomic E-state index is 12.8. The van der Waals surface area contributed by atoms with Crippen LogP contribution in [0.5, 0.6) is 0 Å². The lowest BCUT2D eigenvalue weighted by Gasteiger charge is -2.06. The monoisotopic (exact) mass is 342 g/mol. The first-order valence-electron chi connectivity index (χ1n) is 7.45. The van der Waals surface area contributed by atoms with Gasteiger partial charge >= 0.3 is 0 Å². The van der Waals surface area contributed by atoms with Crippen molar-refractivity contribution < 1.29 is 4.79 Å². The van der Waals surface area contributed by atoms with Crippen LogP contribution in [0.3, 0.4) is 0 Å². The molecule has 0 unspecified atom stereocenters. The smallest absolute Gasteiger partial charge is 0.205 e. The maximum atomic E-state index is 12.8. The zero-order valence-electron chi connectivity index (χ0n) is 14.2. The summed E-state index contributed by atoms with van der Waals surface area (Å²) < 4.78 is 3.50. The van der Waals surface area contributed by atoms with Gasteiger partial charge in [0, 0.05) is 36.1 Å². The Morgan fingerprint density at radius 3 is 2.62 bits per heavy atom. The molecular weight excluding hydrogens is 324 g/mol. The van der Waals surface area contributed by atoms with Crippen LogP contribution in [0, 0.1) is 32.1 Å². The van der Waals surface area contributed by atoms with Gasteiger partial charge in [0.15, 0.2) is 0 Å². The zero-order chi connectivity index (χ0) is 18.0. The van der Waals surface area contributed by atoms with Crippen molar-refractivity contribution in [3.63, 3.8) is 0 Å². The minimum absolute atomic E-state index is 0.0341. The number of hydrogen-bond acceptors (Lipinski definition) is 3. The summed E-state index contributed by atoms with van der Waals surface area (Å²) in [5.41, 5.74) is 3.56. The average molecular weight is 343 g/mol. The molecule has 24 heavy (non-hydrogen) atoms. The molecule has 0 radical (unpaired) electrons. The molecule has 0 atom stereocenters. The van der Waals surface area contributed by atoms with E-state index in [1.165, 1.54) is 10.8 Å². The van der Waals surface area contributed by atoms with Gasteiger partial charge in [-0.3, -0.25) is 9.48 Å². The third-order valence-corrected chi connectivity index (χ3v) is 4.43. The van der Waals surface area contributed by atoms with Gasteiger partial charge in [0.1, 0.15) is 16.8 Å². The lowest BCUT2D eigenvalue weighted by atomic mass is 10.0. The van der Waals surface area contributed by atoms with Crippen LogP contribution in [0.2, 0.25) is 5.15 Å². The number of allylic oxidation sites excluding steroid dienone is 2. The molecule has 0 spiro atoms. The van der Waals surface area contributed by atoms with Gasteiger partial charge in [0.05, 0.1) is 5.69 Å². The van der Waals surface area contributed by atoms with E-state index in [4.69, 9.17) is 11.6 Å². The second-order valence-corrected chi connectivity index (χ2v) is 5.95. The number of rotatable bonds is 5. The highest BCUT2D eigenvalue weighted by Crippen LogP contribution is 2.24. The van der Waals surface area contributed by atoms with Gasteiger partial charge in [0.25, 0.3) is 0 Å². The highest BCUT2D eigenvalue weighted by molar-refractivity contribution is 6.31. The fourth-order valence-corrected chi connectivity index (χ4v) is 2.92. The van der Waals surface area contributed by atoms with Crippen LogP contribution in [-0.2, 0) is 13.6 Å². The van der Waals surface area contributed by atoms with Crippen LogP contribution in [0.1, 0.15) is 33.0 Å². The Kier molecular flexibility index (Phi) is 5.10. The number of halogens is 1. The summed E-state index contributed by atoms with van der Waals surface area (Å²) in [7, 11) is 1.71. The number of carbonyl (C=O) groups is 1. The number of nitriles is 1. The van der Waals surface area contributed by atoms with Crippen molar-refractivity contribution in [2.75, 3.05) is 0 Å². The van der Waals surface area contributed by atoms with E-state index in [0.717, 1.165) is 11.4 Å². The molecule has 6 heteroatoms. The number of aromatic nitrogens is 3. The molecule has 2 aromatic heterocycles. The quantitative estimate of drug-likeness (QED) is 0.359. The number of nitrogens with zero attached hydrogens (tertiary/aromatic N) is 4. The topological polar surface area (TPSA) is 63.6 Å². The Balaban J connectivity index is 2.51. The van der Waals surface area contributed by atoms with E-state index in [1.54, 1.807) is 26.1 Å². The van der Waals surface area contributed by atoms with Gasteiger partial charge in [0.2, 0.25) is 5.78 Å². The fourth-order valence-electron chi connectivity index (χ4n) is 2.69. The molecule has 0 aliphatic carbocycles. The van der Waals surface area contributed by atoms with Crippen LogP contribution >= 0.6 is 11.6 Å². The van der Waals surface area contributed by atoms with E-state index in [0.29, 0.717) is 28.5 Å². The summed E-state index contributed by atoms with van der Waals surface area (Å²) in [5.74, 6) is -0.319. The van der Waals surface area contributed by atoms with Gasteiger partial charge in [-0.15, -0.1) is 6.58 Å². The molecule has 2 heterocycles. The summed E-state index contributed by atoms with van der Waals surface area (Å²) in [6, 6.07) is 3.78. The number of ketones is 1. The molecule has 0 aromatic carbocycles. The van der Waals surface area contributed by atoms with Crippen molar-refractivity contribution in [1.29, 1.82) is 5.26 Å². The SMILES string of the molecule is C=CCn1c(C)cc(C(=O)C(C#N)=Cc2c(C)nn(C)c2Cl)c1C. The van der Waals surface area contributed by atoms with E-state index < -0.39 is 0 Å². The molecule has 0 saturated carbocycles. The van der Waals surface area contributed by atoms with E-state index in [-0.39, 0.29) is 11.4 Å². The number of aryl methyl sites for hydroxylation is 3. The third kappa shape index (κ3) is 3.06. The van der Waals surface area contributed by atoms with Gasteiger partial charge in [-0.2, -0.15) is 10.4 Å². The first-order valence-corrected chi connectivity index (χ1v) is 7.82. The lowest BCUT2D eigenvalue weighted by molar-refractivity contribution is 0.103. The zero-order valence-corrected chi connectivity index (χ0v) is 15.0. The highest BCUT2D eigenvalue weighted by Gasteiger charge is 2.20. The molecule has 0 aliphatic rings. The van der Waals surface area contributed by atoms with Crippen LogP contribution < -0.4 is 0 Å². The largest absolute Gasteiger partial charge is 0.345 e. The lowest BCUT2D eigenvalue weighted by Crippen LogP contribution is -2.06. The standard InChI is InChI=1S/C18H19ClN4O/c1-6-7-23-11(2)8-16(13(23)4)17(24)14(10-20)9-15-12(3)21-22(5)18(15)19/h6,8-9H,1,7H2,2-5H3. The Morgan fingerprint density at radius 1 is 1.46 bits per heavy atom. The summed E-state index contributed by atoms with van der Waals surface area (Å²) in [6.07, 6.45) is 3.28. The predicted octanol–water partition coefficient (Wildman–Crippen LogP) is 3.78. The fraction of sp³-hybridized carbons (Fsp3) is 0.278. The van der Waals surface area contributed by atoms with Crippen LogP contribution in [0.4, 0.5) is 0 Å². The average Bonchev–Trinajstić information content (AvgIpc) is 2.95. The van der Waals surface area contributed by atoms with E-state index >= 15 is 0 Å². The summed E-state index contributed by atoms with van der Waals surface area (Å²) in [6.45, 7) is 9.91. The van der Waals surface area contributed by atoms with Crippen molar-refractivity contribution in [3.05, 3.63) is 57.7 Å². The Morgan fingerprint density at radius 2 is 2.12 bits per heavy atom. The predicted molar refractivity (Wildman–Crippen MR) is 95.0 cm³/mol. The highest BCUT2D eigenvalue weighted by atomic mass is 35.5. The number of hydrogen-bond donors (Lipinski definition) is 0. The molecule has 0 N–H and O–H groups in total. The van der Waals surface area contributed by atoms with Gasteiger partial charge in [-0.1, -0.05) is 17.7 Å². The molecule has 2 rings (SSSR count). The van der Waals surface area contributed by atoms with Crippen molar-refractivity contribution in [3.8, 4) is 6.07 Å². The molecule has 0 fully saturated rings. The summed E-state index contributed by atoms with van der Waals surface area (Å²) in [5, 5.41) is 14.0. The first-order chi connectivity index (χ1) is 11.3. The van der Waals surface area contributed by atoms with Crippen LogP contribution in [-0.4, -0.2) is 20.1 Å². The van der Waals surface area contributed by atoms with Crippen LogP contribution in [0.25, 0.3) is 6.08 Å². The minimum atomic E-state index is -0.319. The molecule has 0 bridgehead atoms.